The number of hydrogen-bond donors (Lipinski definition) is 0. The summed E-state index contributed by atoms with van der Waals surface area (Å²) in [6.07, 6.45) is 1.64. The van der Waals surface area contributed by atoms with E-state index in [1.807, 2.05) is 38.1 Å². The number of para-hydroxylation sites is 1. The highest BCUT2D eigenvalue weighted by molar-refractivity contribution is 8.00. The average molecular weight is 276 g/mol. The summed E-state index contributed by atoms with van der Waals surface area (Å²) in [5, 5.41) is 0. The van der Waals surface area contributed by atoms with Gasteiger partial charge in [-0.3, -0.25) is 4.79 Å². The highest BCUT2D eigenvalue weighted by Gasteiger charge is 2.13. The lowest BCUT2D eigenvalue weighted by atomic mass is 10.1. The Hall–Kier alpha value is -1.68. The van der Waals surface area contributed by atoms with Crippen LogP contribution in [0, 0.1) is 6.92 Å². The van der Waals surface area contributed by atoms with Gasteiger partial charge in [0, 0.05) is 4.90 Å². The van der Waals surface area contributed by atoms with E-state index in [2.05, 4.69) is 0 Å². The summed E-state index contributed by atoms with van der Waals surface area (Å²) in [6, 6.07) is 9.22. The monoisotopic (exact) mass is 276 g/mol. The van der Waals surface area contributed by atoms with Crippen LogP contribution in [0.1, 0.15) is 23.0 Å². The standard InChI is InChI=1S/C15H16O3S/c1-3-17-14-7-5-4-6-12(14)13(16)10-19-15-8-9-18-11(15)2/h4-9H,3,10H2,1-2H3. The molecule has 0 amide bonds. The molecule has 2 rings (SSSR count). The fourth-order valence-corrected chi connectivity index (χ4v) is 2.57. The van der Waals surface area contributed by atoms with E-state index < -0.39 is 0 Å². The summed E-state index contributed by atoms with van der Waals surface area (Å²) in [7, 11) is 0. The summed E-state index contributed by atoms with van der Waals surface area (Å²) in [5.74, 6) is 1.94. The van der Waals surface area contributed by atoms with Gasteiger partial charge in [0.25, 0.3) is 0 Å². The van der Waals surface area contributed by atoms with Gasteiger partial charge >= 0.3 is 0 Å². The van der Waals surface area contributed by atoms with E-state index in [4.69, 9.17) is 9.15 Å². The number of rotatable bonds is 6. The third-order valence-electron chi connectivity index (χ3n) is 2.66. The predicted octanol–water partition coefficient (Wildman–Crippen LogP) is 3.96. The van der Waals surface area contributed by atoms with Crippen molar-refractivity contribution in [2.24, 2.45) is 0 Å². The van der Waals surface area contributed by atoms with E-state index in [1.165, 1.54) is 11.8 Å². The van der Waals surface area contributed by atoms with Gasteiger partial charge in [-0.05, 0) is 32.0 Å². The van der Waals surface area contributed by atoms with Gasteiger partial charge in [-0.15, -0.1) is 11.8 Å². The number of carbonyl (C=O) groups excluding carboxylic acids is 1. The molecule has 0 radical (unpaired) electrons. The molecule has 0 aliphatic rings. The zero-order chi connectivity index (χ0) is 13.7. The van der Waals surface area contributed by atoms with Crippen LogP contribution < -0.4 is 4.74 Å². The van der Waals surface area contributed by atoms with Crippen molar-refractivity contribution in [2.45, 2.75) is 18.7 Å². The molecule has 0 N–H and O–H groups in total. The second-order valence-electron chi connectivity index (χ2n) is 3.98. The molecule has 2 aromatic rings. The quantitative estimate of drug-likeness (QED) is 0.591. The first-order valence-corrected chi connectivity index (χ1v) is 7.13. The summed E-state index contributed by atoms with van der Waals surface area (Å²) in [6.45, 7) is 4.35. The molecule has 0 aliphatic heterocycles. The topological polar surface area (TPSA) is 39.4 Å². The molecule has 1 heterocycles. The van der Waals surface area contributed by atoms with E-state index in [0.29, 0.717) is 23.7 Å². The molecule has 19 heavy (non-hydrogen) atoms. The van der Waals surface area contributed by atoms with Gasteiger partial charge in [-0.25, -0.2) is 0 Å². The van der Waals surface area contributed by atoms with E-state index in [9.17, 15) is 4.79 Å². The van der Waals surface area contributed by atoms with Crippen LogP contribution in [0.25, 0.3) is 0 Å². The van der Waals surface area contributed by atoms with E-state index in [1.54, 1.807) is 12.3 Å². The average Bonchev–Trinajstić information content (AvgIpc) is 2.82. The number of carbonyl (C=O) groups is 1. The number of benzene rings is 1. The highest BCUT2D eigenvalue weighted by atomic mass is 32.2. The number of hydrogen-bond acceptors (Lipinski definition) is 4. The molecule has 3 nitrogen and oxygen atoms in total. The van der Waals surface area contributed by atoms with Crippen LogP contribution in [-0.4, -0.2) is 18.1 Å². The minimum Gasteiger partial charge on any atom is -0.493 e. The Kier molecular flexibility index (Phi) is 4.68. The van der Waals surface area contributed by atoms with Gasteiger partial charge in [0.2, 0.25) is 0 Å². The molecule has 0 saturated heterocycles. The van der Waals surface area contributed by atoms with E-state index in [0.717, 1.165) is 10.7 Å². The van der Waals surface area contributed by atoms with Crippen molar-refractivity contribution >= 4 is 17.5 Å². The Morgan fingerprint density at radius 1 is 1.32 bits per heavy atom. The lowest BCUT2D eigenvalue weighted by Crippen LogP contribution is -2.06. The third kappa shape index (κ3) is 3.41. The Morgan fingerprint density at radius 2 is 2.11 bits per heavy atom. The molecule has 1 aromatic heterocycles. The molecule has 0 spiro atoms. The summed E-state index contributed by atoms with van der Waals surface area (Å²) < 4.78 is 10.7. The van der Waals surface area contributed by atoms with Crippen LogP contribution in [0.15, 0.2) is 45.9 Å². The van der Waals surface area contributed by atoms with Crippen LogP contribution in [0.2, 0.25) is 0 Å². The van der Waals surface area contributed by atoms with Crippen molar-refractivity contribution in [1.82, 2.24) is 0 Å². The van der Waals surface area contributed by atoms with Gasteiger partial charge in [0.15, 0.2) is 5.78 Å². The number of aryl methyl sites for hydroxylation is 1. The molecule has 0 atom stereocenters. The van der Waals surface area contributed by atoms with Crippen LogP contribution >= 0.6 is 11.8 Å². The number of thioether (sulfide) groups is 1. The van der Waals surface area contributed by atoms with Crippen LogP contribution in [0.3, 0.4) is 0 Å². The zero-order valence-electron chi connectivity index (χ0n) is 11.0. The molecule has 0 bridgehead atoms. The first-order valence-electron chi connectivity index (χ1n) is 6.14. The molecule has 1 aromatic carbocycles. The molecular weight excluding hydrogens is 260 g/mol. The predicted molar refractivity (Wildman–Crippen MR) is 76.1 cm³/mol. The lowest BCUT2D eigenvalue weighted by molar-refractivity contribution is 0.101. The Balaban J connectivity index is 2.06. The summed E-state index contributed by atoms with van der Waals surface area (Å²) in [5.41, 5.74) is 0.637. The van der Waals surface area contributed by atoms with Crippen molar-refractivity contribution in [3.05, 3.63) is 47.9 Å². The van der Waals surface area contributed by atoms with E-state index in [-0.39, 0.29) is 5.78 Å². The fraction of sp³-hybridized carbons (Fsp3) is 0.267. The Bertz CT molecular complexity index is 560. The first kappa shape index (κ1) is 13.7. The first-order chi connectivity index (χ1) is 9.22. The fourth-order valence-electron chi connectivity index (χ4n) is 1.72. The van der Waals surface area contributed by atoms with Crippen molar-refractivity contribution in [3.63, 3.8) is 0 Å². The van der Waals surface area contributed by atoms with Crippen molar-refractivity contribution in [1.29, 1.82) is 0 Å². The number of furan rings is 1. The second kappa shape index (κ2) is 6.48. The maximum absolute atomic E-state index is 12.2. The Labute approximate surface area is 117 Å². The highest BCUT2D eigenvalue weighted by Crippen LogP contribution is 2.26. The van der Waals surface area contributed by atoms with Crippen molar-refractivity contribution < 1.29 is 13.9 Å². The van der Waals surface area contributed by atoms with Gasteiger partial charge < -0.3 is 9.15 Å². The third-order valence-corrected chi connectivity index (χ3v) is 3.80. The Morgan fingerprint density at radius 3 is 2.79 bits per heavy atom. The molecule has 100 valence electrons. The summed E-state index contributed by atoms with van der Waals surface area (Å²) >= 11 is 1.48. The molecule has 0 saturated carbocycles. The van der Waals surface area contributed by atoms with Gasteiger partial charge in [-0.1, -0.05) is 12.1 Å². The lowest BCUT2D eigenvalue weighted by Gasteiger charge is -2.08. The minimum atomic E-state index is 0.0645. The molecule has 4 heteroatoms. The largest absolute Gasteiger partial charge is 0.493 e. The second-order valence-corrected chi connectivity index (χ2v) is 5.00. The molecule has 0 aliphatic carbocycles. The number of ether oxygens (including phenoxy) is 1. The van der Waals surface area contributed by atoms with Gasteiger partial charge in [-0.2, -0.15) is 0 Å². The molecule has 0 unspecified atom stereocenters. The summed E-state index contributed by atoms with van der Waals surface area (Å²) in [4.78, 5) is 13.2. The minimum absolute atomic E-state index is 0.0645. The van der Waals surface area contributed by atoms with Crippen LogP contribution in [0.5, 0.6) is 5.75 Å². The number of Topliss-reactive ketones (excluding diaryl/α,β-unsaturated/α-hetero) is 1. The van der Waals surface area contributed by atoms with Crippen LogP contribution in [0.4, 0.5) is 0 Å². The zero-order valence-corrected chi connectivity index (χ0v) is 11.8. The molecule has 0 fully saturated rings. The van der Waals surface area contributed by atoms with Crippen molar-refractivity contribution in [2.75, 3.05) is 12.4 Å². The van der Waals surface area contributed by atoms with Gasteiger partial charge in [0.1, 0.15) is 11.5 Å². The molecular formula is C15H16O3S. The van der Waals surface area contributed by atoms with E-state index >= 15 is 0 Å². The van der Waals surface area contributed by atoms with Crippen molar-refractivity contribution in [3.8, 4) is 5.75 Å². The SMILES string of the molecule is CCOc1ccccc1C(=O)CSc1ccoc1C. The normalized spacial score (nSPS) is 10.4. The maximum Gasteiger partial charge on any atom is 0.176 e. The number of ketones is 1. The smallest absolute Gasteiger partial charge is 0.176 e. The maximum atomic E-state index is 12.2. The van der Waals surface area contributed by atoms with Gasteiger partial charge in [0.05, 0.1) is 24.2 Å². The van der Waals surface area contributed by atoms with Crippen LogP contribution in [-0.2, 0) is 0 Å².